The second-order valence-electron chi connectivity index (χ2n) is 7.40. The summed E-state index contributed by atoms with van der Waals surface area (Å²) < 4.78 is 74.4. The predicted molar refractivity (Wildman–Crippen MR) is 127 cm³/mol. The second kappa shape index (κ2) is 9.85. The van der Waals surface area contributed by atoms with Gasteiger partial charge in [0.05, 0.1) is 15.8 Å². The third-order valence-electron chi connectivity index (χ3n) is 4.98. The number of hydrogen-bond donors (Lipinski definition) is 1. The zero-order valence-electron chi connectivity index (χ0n) is 18.6. The topological polar surface area (TPSA) is 120 Å². The van der Waals surface area contributed by atoms with E-state index in [9.17, 15) is 21.2 Å². The molecule has 0 aliphatic carbocycles. The van der Waals surface area contributed by atoms with E-state index in [4.69, 9.17) is 4.74 Å². The molecule has 1 N–H and O–H groups in total. The Morgan fingerprint density at radius 2 is 1.71 bits per heavy atom. The zero-order valence-corrected chi connectivity index (χ0v) is 21.1. The van der Waals surface area contributed by atoms with Gasteiger partial charge in [0, 0.05) is 11.9 Å². The van der Waals surface area contributed by atoms with Crippen LogP contribution < -0.4 is 9.46 Å². The van der Waals surface area contributed by atoms with Gasteiger partial charge in [-0.05, 0) is 56.3 Å². The molecule has 184 valence electrons. The average molecular weight is 537 g/mol. The van der Waals surface area contributed by atoms with Crippen molar-refractivity contribution in [2.45, 2.75) is 40.4 Å². The number of halogens is 1. The van der Waals surface area contributed by atoms with Crippen LogP contribution >= 0.6 is 11.3 Å². The molecule has 13 heteroatoms. The summed E-state index contributed by atoms with van der Waals surface area (Å²) in [7, 11) is -7.92. The number of benzene rings is 2. The summed E-state index contributed by atoms with van der Waals surface area (Å²) in [6, 6.07) is 13.6. The highest BCUT2D eigenvalue weighted by atomic mass is 32.2. The average Bonchev–Trinajstić information content (AvgIpc) is 3.49. The lowest BCUT2D eigenvalue weighted by Gasteiger charge is -2.14. The van der Waals surface area contributed by atoms with Gasteiger partial charge in [0.25, 0.3) is 10.0 Å². The fourth-order valence-electron chi connectivity index (χ4n) is 3.26. The third kappa shape index (κ3) is 5.27. The van der Waals surface area contributed by atoms with Crippen molar-refractivity contribution in [1.82, 2.24) is 19.5 Å². The number of hydrogen-bond acceptors (Lipinski definition) is 8. The maximum absolute atomic E-state index is 13.1. The first-order chi connectivity index (χ1) is 16.6. The summed E-state index contributed by atoms with van der Waals surface area (Å²) >= 11 is 0.806. The molecule has 9 nitrogen and oxygen atoms in total. The summed E-state index contributed by atoms with van der Waals surface area (Å²) in [6.45, 7) is 3.78. The lowest BCUT2D eigenvalue weighted by Crippen LogP contribution is -2.28. The van der Waals surface area contributed by atoms with E-state index in [1.165, 1.54) is 41.8 Å². The molecule has 0 bridgehead atoms. The largest absolute Gasteiger partial charge is 0.424 e. The summed E-state index contributed by atoms with van der Waals surface area (Å²) in [5.74, 6) is 0.229. The molecule has 2 heterocycles. The van der Waals surface area contributed by atoms with Gasteiger partial charge in [-0.2, -0.15) is 4.72 Å². The number of aromatic nitrogens is 3. The molecule has 2 aromatic carbocycles. The number of sulfonamides is 1. The van der Waals surface area contributed by atoms with E-state index in [0.717, 1.165) is 17.4 Å². The Bertz CT molecular complexity index is 1530. The van der Waals surface area contributed by atoms with Gasteiger partial charge in [-0.15, -0.1) is 16.4 Å². The zero-order chi connectivity index (χ0) is 25.2. The molecular formula is C22H21FN4O5S3. The van der Waals surface area contributed by atoms with Crippen LogP contribution in [0.2, 0.25) is 0 Å². The quantitative estimate of drug-likeness (QED) is 0.341. The van der Waals surface area contributed by atoms with E-state index in [1.54, 1.807) is 29.7 Å². The van der Waals surface area contributed by atoms with Crippen molar-refractivity contribution >= 4 is 31.2 Å². The van der Waals surface area contributed by atoms with Crippen molar-refractivity contribution in [2.75, 3.05) is 0 Å². The van der Waals surface area contributed by atoms with Crippen LogP contribution in [-0.4, -0.2) is 31.6 Å². The number of ether oxygens (including phenoxy) is 1. The van der Waals surface area contributed by atoms with Gasteiger partial charge in [-0.25, -0.2) is 21.2 Å². The number of nitrogens with zero attached hydrogens (tertiary/aromatic N) is 3. The minimum Gasteiger partial charge on any atom is -0.424 e. The van der Waals surface area contributed by atoms with E-state index < -0.39 is 31.7 Å². The Morgan fingerprint density at radius 3 is 2.37 bits per heavy atom. The van der Waals surface area contributed by atoms with E-state index in [2.05, 4.69) is 14.9 Å². The van der Waals surface area contributed by atoms with Crippen LogP contribution in [0.15, 0.2) is 80.0 Å². The van der Waals surface area contributed by atoms with Gasteiger partial charge in [0.15, 0.2) is 5.82 Å². The maximum atomic E-state index is 13.1. The Balaban J connectivity index is 1.55. The number of nitrogens with one attached hydrogen (secondary N) is 1. The van der Waals surface area contributed by atoms with E-state index in [-0.39, 0.29) is 20.0 Å². The smallest absolute Gasteiger partial charge is 0.322 e. The highest BCUT2D eigenvalue weighted by Gasteiger charge is 2.27. The Morgan fingerprint density at radius 1 is 1.03 bits per heavy atom. The summed E-state index contributed by atoms with van der Waals surface area (Å²) in [5, 5.41) is 9.34. The van der Waals surface area contributed by atoms with Gasteiger partial charge in [-0.1, -0.05) is 23.3 Å². The first-order valence-corrected chi connectivity index (χ1v) is 14.2. The third-order valence-corrected chi connectivity index (χ3v) is 9.86. The summed E-state index contributed by atoms with van der Waals surface area (Å²) in [4.78, 5) is -0.0266. The molecule has 0 aliphatic rings. The first kappa shape index (κ1) is 25.0. The van der Waals surface area contributed by atoms with Crippen LogP contribution in [0.3, 0.4) is 0 Å². The molecule has 0 unspecified atom stereocenters. The minimum atomic E-state index is -4.07. The Hall–Kier alpha value is -3.13. The van der Waals surface area contributed by atoms with Crippen molar-refractivity contribution < 1.29 is 26.0 Å². The normalized spacial score (nSPS) is 13.0. The highest BCUT2D eigenvalue weighted by molar-refractivity contribution is 7.93. The summed E-state index contributed by atoms with van der Waals surface area (Å²) in [5.41, 5.74) is 0. The molecule has 35 heavy (non-hydrogen) atoms. The van der Waals surface area contributed by atoms with Crippen molar-refractivity contribution in [1.29, 1.82) is 0 Å². The van der Waals surface area contributed by atoms with Crippen LogP contribution in [0.25, 0.3) is 0 Å². The van der Waals surface area contributed by atoms with Gasteiger partial charge in [0.2, 0.25) is 9.84 Å². The van der Waals surface area contributed by atoms with Gasteiger partial charge < -0.3 is 4.74 Å². The van der Waals surface area contributed by atoms with Crippen LogP contribution in [-0.2, 0) is 26.4 Å². The number of rotatable bonds is 9. The molecule has 4 rings (SSSR count). The van der Waals surface area contributed by atoms with Crippen molar-refractivity contribution in [3.63, 3.8) is 0 Å². The summed E-state index contributed by atoms with van der Waals surface area (Å²) in [6.07, 6.45) is 0. The standard InChI is InChI=1S/C22H21FN4O5S3/c1-3-27-21(24-25-22(27)32-17-11-9-16(23)10-12-17)15(2)26-35(30,31)20-13-19(14-33-20)34(28,29)18-7-5-4-6-8-18/h4-15,26H,3H2,1-2H3/t15-/m1/s1. The SMILES string of the molecule is CCn1c(Oc2ccc(F)cc2)nnc1[C@@H](C)NS(=O)(=O)c1cc(S(=O)(=O)c2ccccc2)cs1. The second-order valence-corrected chi connectivity index (χ2v) is 12.2. The molecule has 0 radical (unpaired) electrons. The van der Waals surface area contributed by atoms with E-state index >= 15 is 0 Å². The van der Waals surface area contributed by atoms with Gasteiger partial charge >= 0.3 is 6.01 Å². The van der Waals surface area contributed by atoms with Crippen LogP contribution in [0.4, 0.5) is 4.39 Å². The molecule has 0 fully saturated rings. The van der Waals surface area contributed by atoms with Crippen LogP contribution in [0.1, 0.15) is 25.7 Å². The molecule has 0 aliphatic heterocycles. The Labute approximate surface area is 206 Å². The monoisotopic (exact) mass is 536 g/mol. The molecule has 0 saturated carbocycles. The maximum Gasteiger partial charge on any atom is 0.322 e. The fourth-order valence-corrected chi connectivity index (χ4v) is 7.38. The number of thiophene rings is 1. The van der Waals surface area contributed by atoms with Crippen molar-refractivity contribution in [3.8, 4) is 11.8 Å². The van der Waals surface area contributed by atoms with Crippen molar-refractivity contribution in [2.24, 2.45) is 0 Å². The van der Waals surface area contributed by atoms with E-state index in [0.29, 0.717) is 18.1 Å². The van der Waals surface area contributed by atoms with Gasteiger partial charge in [0.1, 0.15) is 15.8 Å². The number of sulfone groups is 1. The first-order valence-electron chi connectivity index (χ1n) is 10.4. The molecule has 1 atom stereocenters. The molecular weight excluding hydrogens is 515 g/mol. The molecule has 0 spiro atoms. The van der Waals surface area contributed by atoms with Gasteiger partial charge in [-0.3, -0.25) is 4.57 Å². The fraction of sp³-hybridized carbons (Fsp3) is 0.182. The highest BCUT2D eigenvalue weighted by Crippen LogP contribution is 2.30. The van der Waals surface area contributed by atoms with Crippen LogP contribution in [0.5, 0.6) is 11.8 Å². The molecule has 0 saturated heterocycles. The van der Waals surface area contributed by atoms with E-state index in [1.807, 2.05) is 6.92 Å². The molecule has 2 aromatic heterocycles. The predicted octanol–water partition coefficient (Wildman–Crippen LogP) is 4.16. The minimum absolute atomic E-state index is 0.0767. The lowest BCUT2D eigenvalue weighted by molar-refractivity contribution is 0.407. The van der Waals surface area contributed by atoms with Crippen LogP contribution in [0, 0.1) is 5.82 Å². The van der Waals surface area contributed by atoms with Crippen molar-refractivity contribution in [3.05, 3.63) is 77.7 Å². The molecule has 0 amide bonds. The lowest BCUT2D eigenvalue weighted by atomic mass is 10.3. The molecule has 4 aromatic rings. The Kier molecular flexibility index (Phi) is 7.03.